The Kier molecular flexibility index (Phi) is 3.57. The number of amides is 1. The summed E-state index contributed by atoms with van der Waals surface area (Å²) in [6.07, 6.45) is 1.70. The van der Waals surface area contributed by atoms with E-state index in [2.05, 4.69) is 0 Å². The van der Waals surface area contributed by atoms with Gasteiger partial charge in [-0.3, -0.25) is 4.79 Å². The molecule has 1 aromatic carbocycles. The molecule has 0 heterocycles. The van der Waals surface area contributed by atoms with Gasteiger partial charge >= 0.3 is 0 Å². The molecule has 98 valence electrons. The quantitative estimate of drug-likeness (QED) is 0.852. The van der Waals surface area contributed by atoms with Crippen LogP contribution < -0.4 is 4.74 Å². The van der Waals surface area contributed by atoms with Crippen LogP contribution in [0.2, 0.25) is 0 Å². The number of para-hydroxylation sites is 1. The fourth-order valence-electron chi connectivity index (χ4n) is 2.38. The molecule has 1 aromatic rings. The molecule has 0 bridgehead atoms. The minimum Gasteiger partial charge on any atom is -0.496 e. The second-order valence-electron chi connectivity index (χ2n) is 4.73. The first-order valence-corrected chi connectivity index (χ1v) is 6.15. The van der Waals surface area contributed by atoms with Crippen molar-refractivity contribution in [2.24, 2.45) is 0 Å². The van der Waals surface area contributed by atoms with E-state index in [4.69, 9.17) is 9.84 Å². The Morgan fingerprint density at radius 1 is 1.44 bits per heavy atom. The summed E-state index contributed by atoms with van der Waals surface area (Å²) in [7, 11) is 3.35. The molecular formula is C14H19NO3. The Morgan fingerprint density at radius 3 is 2.67 bits per heavy atom. The average molecular weight is 249 g/mol. The molecule has 1 aliphatic carbocycles. The zero-order valence-electron chi connectivity index (χ0n) is 10.8. The smallest absolute Gasteiger partial charge is 0.233 e. The number of nitrogens with zero attached hydrogens (tertiary/aromatic N) is 1. The van der Waals surface area contributed by atoms with Crippen LogP contribution in [0.1, 0.15) is 18.4 Å². The van der Waals surface area contributed by atoms with Crippen molar-refractivity contribution < 1.29 is 14.6 Å². The summed E-state index contributed by atoms with van der Waals surface area (Å²) >= 11 is 0. The third kappa shape index (κ3) is 2.08. The number of carbonyl (C=O) groups is 1. The minimum absolute atomic E-state index is 0.00968. The van der Waals surface area contributed by atoms with E-state index in [-0.39, 0.29) is 12.5 Å². The monoisotopic (exact) mass is 249 g/mol. The third-order valence-electron chi connectivity index (χ3n) is 3.56. The van der Waals surface area contributed by atoms with Crippen molar-refractivity contribution in [3.63, 3.8) is 0 Å². The number of benzene rings is 1. The number of ether oxygens (including phenoxy) is 1. The molecular weight excluding hydrogens is 230 g/mol. The lowest BCUT2D eigenvalue weighted by Gasteiger charge is -2.24. The Hall–Kier alpha value is -1.55. The second kappa shape index (κ2) is 4.98. The van der Waals surface area contributed by atoms with E-state index in [0.29, 0.717) is 6.54 Å². The standard InChI is InChI=1S/C14H19NO3/c1-15(9-10-16)13(17)14(7-8-14)11-5-3-4-6-12(11)18-2/h3-6,16H,7-10H2,1-2H3. The van der Waals surface area contributed by atoms with Crippen molar-refractivity contribution in [2.75, 3.05) is 27.3 Å². The molecule has 0 saturated heterocycles. The predicted molar refractivity (Wildman–Crippen MR) is 68.6 cm³/mol. The van der Waals surface area contributed by atoms with E-state index in [1.165, 1.54) is 0 Å². The highest BCUT2D eigenvalue weighted by Gasteiger charge is 2.53. The summed E-state index contributed by atoms with van der Waals surface area (Å²) < 4.78 is 5.34. The lowest BCUT2D eigenvalue weighted by molar-refractivity contribution is -0.133. The van der Waals surface area contributed by atoms with Gasteiger partial charge in [-0.1, -0.05) is 18.2 Å². The van der Waals surface area contributed by atoms with Gasteiger partial charge in [0.2, 0.25) is 5.91 Å². The van der Waals surface area contributed by atoms with Gasteiger partial charge in [0.1, 0.15) is 5.75 Å². The molecule has 0 unspecified atom stereocenters. The van der Waals surface area contributed by atoms with Crippen LogP contribution in [0, 0.1) is 0 Å². The number of hydrogen-bond donors (Lipinski definition) is 1. The highest BCUT2D eigenvalue weighted by atomic mass is 16.5. The average Bonchev–Trinajstić information content (AvgIpc) is 3.19. The molecule has 0 aromatic heterocycles. The normalized spacial score (nSPS) is 16.2. The van der Waals surface area contributed by atoms with Gasteiger partial charge in [0, 0.05) is 19.2 Å². The van der Waals surface area contributed by atoms with E-state index in [0.717, 1.165) is 24.2 Å². The largest absolute Gasteiger partial charge is 0.496 e. The van der Waals surface area contributed by atoms with E-state index in [1.54, 1.807) is 19.1 Å². The van der Waals surface area contributed by atoms with Crippen LogP contribution in [0.3, 0.4) is 0 Å². The van der Waals surface area contributed by atoms with Crippen molar-refractivity contribution in [2.45, 2.75) is 18.3 Å². The summed E-state index contributed by atoms with van der Waals surface area (Å²) in [4.78, 5) is 14.0. The number of rotatable bonds is 5. The van der Waals surface area contributed by atoms with Crippen LogP contribution >= 0.6 is 0 Å². The maximum atomic E-state index is 12.4. The van der Waals surface area contributed by atoms with Gasteiger partial charge < -0.3 is 14.7 Å². The molecule has 1 amide bonds. The van der Waals surface area contributed by atoms with Gasteiger partial charge in [0.25, 0.3) is 0 Å². The first-order chi connectivity index (χ1) is 8.65. The van der Waals surface area contributed by atoms with E-state index >= 15 is 0 Å². The molecule has 2 rings (SSSR count). The fourth-order valence-corrected chi connectivity index (χ4v) is 2.38. The predicted octanol–water partition coefficient (Wildman–Crippen LogP) is 1.18. The second-order valence-corrected chi connectivity index (χ2v) is 4.73. The Balaban J connectivity index is 2.29. The van der Waals surface area contributed by atoms with Crippen LogP contribution in [0.4, 0.5) is 0 Å². The SMILES string of the molecule is COc1ccccc1C1(C(=O)N(C)CCO)CC1. The molecule has 0 atom stereocenters. The molecule has 0 radical (unpaired) electrons. The number of aliphatic hydroxyl groups is 1. The van der Waals surface area contributed by atoms with Crippen LogP contribution in [0.25, 0.3) is 0 Å². The molecule has 4 nitrogen and oxygen atoms in total. The highest BCUT2D eigenvalue weighted by molar-refractivity contribution is 5.92. The summed E-state index contributed by atoms with van der Waals surface area (Å²) in [6, 6.07) is 7.67. The first kappa shape index (κ1) is 12.9. The maximum absolute atomic E-state index is 12.4. The van der Waals surface area contributed by atoms with Gasteiger partial charge in [0.05, 0.1) is 19.1 Å². The van der Waals surface area contributed by atoms with E-state index < -0.39 is 5.41 Å². The Morgan fingerprint density at radius 2 is 2.11 bits per heavy atom. The number of hydrogen-bond acceptors (Lipinski definition) is 3. The van der Waals surface area contributed by atoms with Crippen LogP contribution in [0.5, 0.6) is 5.75 Å². The minimum atomic E-state index is -0.434. The van der Waals surface area contributed by atoms with Gasteiger partial charge in [-0.2, -0.15) is 0 Å². The maximum Gasteiger partial charge on any atom is 0.233 e. The highest BCUT2D eigenvalue weighted by Crippen LogP contribution is 2.52. The van der Waals surface area contributed by atoms with Gasteiger partial charge in [0.15, 0.2) is 0 Å². The zero-order chi connectivity index (χ0) is 13.2. The lowest BCUT2D eigenvalue weighted by Crippen LogP contribution is -2.38. The summed E-state index contributed by atoms with van der Waals surface area (Å²) in [5.74, 6) is 0.835. The van der Waals surface area contributed by atoms with Crippen molar-refractivity contribution in [1.29, 1.82) is 0 Å². The molecule has 1 aliphatic rings. The van der Waals surface area contributed by atoms with Crippen LogP contribution in [0.15, 0.2) is 24.3 Å². The van der Waals surface area contributed by atoms with Crippen molar-refractivity contribution in [1.82, 2.24) is 4.90 Å². The molecule has 0 spiro atoms. The number of methoxy groups -OCH3 is 1. The van der Waals surface area contributed by atoms with E-state index in [1.807, 2.05) is 24.3 Å². The molecule has 4 heteroatoms. The summed E-state index contributed by atoms with van der Waals surface area (Å²) in [5, 5.41) is 8.92. The molecule has 1 saturated carbocycles. The van der Waals surface area contributed by atoms with Crippen molar-refractivity contribution in [3.05, 3.63) is 29.8 Å². The molecule has 1 fully saturated rings. The number of carbonyl (C=O) groups excluding carboxylic acids is 1. The van der Waals surface area contributed by atoms with Gasteiger partial charge in [-0.05, 0) is 18.9 Å². The van der Waals surface area contributed by atoms with Crippen molar-refractivity contribution >= 4 is 5.91 Å². The van der Waals surface area contributed by atoms with Gasteiger partial charge in [-0.25, -0.2) is 0 Å². The topological polar surface area (TPSA) is 49.8 Å². The Bertz CT molecular complexity index is 440. The molecule has 0 aliphatic heterocycles. The van der Waals surface area contributed by atoms with Crippen LogP contribution in [-0.2, 0) is 10.2 Å². The summed E-state index contributed by atoms with van der Waals surface area (Å²) in [6.45, 7) is 0.361. The third-order valence-corrected chi connectivity index (χ3v) is 3.56. The Labute approximate surface area is 107 Å². The van der Waals surface area contributed by atoms with Crippen molar-refractivity contribution in [3.8, 4) is 5.75 Å². The van der Waals surface area contributed by atoms with E-state index in [9.17, 15) is 4.79 Å². The zero-order valence-corrected chi connectivity index (χ0v) is 10.8. The molecule has 1 N–H and O–H groups in total. The number of aliphatic hydroxyl groups excluding tert-OH is 1. The number of likely N-dealkylation sites (N-methyl/N-ethyl adjacent to an activating group) is 1. The lowest BCUT2D eigenvalue weighted by atomic mass is 9.93. The fraction of sp³-hybridized carbons (Fsp3) is 0.500. The van der Waals surface area contributed by atoms with Crippen LogP contribution in [-0.4, -0.2) is 43.2 Å². The summed E-state index contributed by atoms with van der Waals surface area (Å²) in [5.41, 5.74) is 0.526. The molecule has 18 heavy (non-hydrogen) atoms. The first-order valence-electron chi connectivity index (χ1n) is 6.15. The van der Waals surface area contributed by atoms with Gasteiger partial charge in [-0.15, -0.1) is 0 Å².